The van der Waals surface area contributed by atoms with Crippen LogP contribution in [0.1, 0.15) is 33.2 Å². The molecule has 1 heteroatoms. The molecule has 0 N–H and O–H groups in total. The third-order valence-corrected chi connectivity index (χ3v) is 3.01. The maximum Gasteiger partial charge on any atom is 0.0629 e. The zero-order chi connectivity index (χ0) is 16.8. The van der Waals surface area contributed by atoms with Gasteiger partial charge in [0.25, 0.3) is 0 Å². The molecule has 0 fully saturated rings. The van der Waals surface area contributed by atoms with E-state index >= 15 is 0 Å². The average Bonchev–Trinajstić information content (AvgIpc) is 2.42. The predicted octanol–water partition coefficient (Wildman–Crippen LogP) is 5.41. The van der Waals surface area contributed by atoms with E-state index in [0.29, 0.717) is 5.56 Å². The van der Waals surface area contributed by atoms with Gasteiger partial charge in [0.05, 0.1) is 6.85 Å². The van der Waals surface area contributed by atoms with E-state index in [9.17, 15) is 0 Å². The fraction of sp³-hybridized carbons (Fsp3) is 0.250. The first-order chi connectivity index (χ1) is 10.0. The van der Waals surface area contributed by atoms with Crippen molar-refractivity contribution in [3.05, 3.63) is 58.4 Å². The highest BCUT2D eigenvalue weighted by Crippen LogP contribution is 2.31. The van der Waals surface area contributed by atoms with E-state index in [4.69, 9.17) is 6.85 Å². The highest BCUT2D eigenvalue weighted by atomic mass is 79.9. The molecule has 17 heavy (non-hydrogen) atoms. The third-order valence-electron chi connectivity index (χ3n) is 2.55. The van der Waals surface area contributed by atoms with Crippen LogP contribution in [0.3, 0.4) is 0 Å². The minimum Gasteiger partial charge on any atom is -0.0622 e. The molecule has 0 heterocycles. The molecule has 0 nitrogen and oxygen atoms in total. The molecule has 0 saturated heterocycles. The Hall–Kier alpha value is -1.08. The summed E-state index contributed by atoms with van der Waals surface area (Å²) in [5.74, 6) is 0. The molecule has 0 bridgehead atoms. The van der Waals surface area contributed by atoms with Crippen LogP contribution in [0, 0.1) is 0 Å². The van der Waals surface area contributed by atoms with E-state index in [2.05, 4.69) is 36.7 Å². The van der Waals surface area contributed by atoms with Crippen LogP contribution in [0.4, 0.5) is 0 Å². The normalized spacial score (nSPS) is 15.6. The van der Waals surface area contributed by atoms with Gasteiger partial charge in [-0.2, -0.15) is 0 Å². The smallest absolute Gasteiger partial charge is 0.0622 e. The molecule has 0 saturated carbocycles. The largest absolute Gasteiger partial charge is 0.0629 e. The zero-order valence-corrected chi connectivity index (χ0v) is 11.7. The van der Waals surface area contributed by atoms with E-state index in [-0.39, 0.29) is 41.2 Å². The van der Waals surface area contributed by atoms with Crippen LogP contribution in [0.25, 0.3) is 11.1 Å². The maximum absolute atomic E-state index is 8.08. The van der Waals surface area contributed by atoms with E-state index in [1.165, 1.54) is 0 Å². The van der Waals surface area contributed by atoms with Crippen molar-refractivity contribution in [1.29, 1.82) is 0 Å². The molecule has 2 rings (SSSR count). The quantitative estimate of drug-likeness (QED) is 0.659. The number of benzene rings is 2. The molecular formula is C16H17Br. The molecule has 88 valence electrons. The first kappa shape index (κ1) is 7.38. The second-order valence-electron chi connectivity index (χ2n) is 4.98. The fourth-order valence-corrected chi connectivity index (χ4v) is 2.05. The molecule has 0 aliphatic rings. The van der Waals surface area contributed by atoms with Crippen LogP contribution in [0.15, 0.2) is 52.9 Å². The van der Waals surface area contributed by atoms with Gasteiger partial charge >= 0.3 is 0 Å². The van der Waals surface area contributed by atoms with Crippen molar-refractivity contribution in [3.63, 3.8) is 0 Å². The van der Waals surface area contributed by atoms with E-state index in [1.54, 1.807) is 6.07 Å². The van der Waals surface area contributed by atoms with Crippen LogP contribution in [0.5, 0.6) is 0 Å². The molecule has 0 radical (unpaired) electrons. The summed E-state index contributed by atoms with van der Waals surface area (Å²) in [6, 6.07) is 4.31. The number of rotatable bonds is 1. The van der Waals surface area contributed by atoms with Gasteiger partial charge in [-0.25, -0.2) is 0 Å². The predicted molar refractivity (Wildman–Crippen MR) is 78.3 cm³/mol. The minimum atomic E-state index is -0.371. The summed E-state index contributed by atoms with van der Waals surface area (Å²) in [4.78, 5) is 0. The lowest BCUT2D eigenvalue weighted by Gasteiger charge is -2.20. The molecule has 2 aromatic carbocycles. The molecule has 0 spiro atoms. The van der Waals surface area contributed by atoms with Crippen molar-refractivity contribution in [1.82, 2.24) is 0 Å². The summed E-state index contributed by atoms with van der Waals surface area (Å²) in [5.41, 5.74) is 1.78. The Morgan fingerprint density at radius 3 is 2.18 bits per heavy atom. The number of hydrogen-bond acceptors (Lipinski definition) is 0. The molecule has 0 aromatic heterocycles. The molecule has 2 aromatic rings. The van der Waals surface area contributed by atoms with Crippen molar-refractivity contribution in [2.24, 2.45) is 0 Å². The second kappa shape index (κ2) is 4.66. The first-order valence-electron chi connectivity index (χ1n) is 7.92. The van der Waals surface area contributed by atoms with Crippen LogP contribution in [-0.4, -0.2) is 0 Å². The summed E-state index contributed by atoms with van der Waals surface area (Å²) in [6.45, 7) is 6.21. The molecule has 0 atom stereocenters. The Kier molecular flexibility index (Phi) is 2.02. The van der Waals surface area contributed by atoms with Crippen molar-refractivity contribution < 1.29 is 6.85 Å². The maximum atomic E-state index is 8.08. The van der Waals surface area contributed by atoms with Crippen molar-refractivity contribution in [2.75, 3.05) is 0 Å². The lowest BCUT2D eigenvalue weighted by atomic mass is 9.85. The lowest BCUT2D eigenvalue weighted by Crippen LogP contribution is -2.11. The van der Waals surface area contributed by atoms with Gasteiger partial charge in [-0.05, 0) is 34.2 Å². The lowest BCUT2D eigenvalue weighted by molar-refractivity contribution is 0.590. The van der Waals surface area contributed by atoms with E-state index < -0.39 is 0 Å². The third kappa shape index (κ3) is 2.98. The van der Waals surface area contributed by atoms with Gasteiger partial charge in [0, 0.05) is 4.47 Å². The fourth-order valence-electron chi connectivity index (χ4n) is 1.56. The van der Waals surface area contributed by atoms with Crippen LogP contribution in [-0.2, 0) is 5.41 Å². The van der Waals surface area contributed by atoms with Crippen molar-refractivity contribution >= 4 is 15.9 Å². The van der Waals surface area contributed by atoms with Gasteiger partial charge in [0.1, 0.15) is 0 Å². The summed E-state index contributed by atoms with van der Waals surface area (Å²) < 4.78 is 40.3. The monoisotopic (exact) mass is 293 g/mol. The summed E-state index contributed by atoms with van der Waals surface area (Å²) in [5, 5.41) is 0. The van der Waals surface area contributed by atoms with Gasteiger partial charge in [0.15, 0.2) is 0 Å². The number of halogens is 1. The standard InChI is InChI=1S/C16H17Br/c1-16(2,3)14-9-13(10-15(17)11-14)12-7-5-4-6-8-12/h4-11H,1-3H3/i4D,5D,6D,7D,8D. The molecule has 0 aliphatic heterocycles. The molecule has 0 aliphatic carbocycles. The van der Waals surface area contributed by atoms with Crippen LogP contribution < -0.4 is 0 Å². The first-order valence-corrected chi connectivity index (χ1v) is 6.21. The Bertz CT molecular complexity index is 718. The Balaban J connectivity index is 2.81. The zero-order valence-electron chi connectivity index (χ0n) is 15.1. The van der Waals surface area contributed by atoms with Crippen LogP contribution in [0.2, 0.25) is 0 Å². The van der Waals surface area contributed by atoms with Gasteiger partial charge in [-0.1, -0.05) is 73.0 Å². The minimum absolute atomic E-state index is 0.105. The van der Waals surface area contributed by atoms with Gasteiger partial charge in [-0.15, -0.1) is 0 Å². The summed E-state index contributed by atoms with van der Waals surface area (Å²) in [6.07, 6.45) is 0. The van der Waals surface area contributed by atoms with Crippen molar-refractivity contribution in [2.45, 2.75) is 26.2 Å². The topological polar surface area (TPSA) is 0 Å². The molecule has 0 unspecified atom stereocenters. The molecular weight excluding hydrogens is 272 g/mol. The Morgan fingerprint density at radius 1 is 0.941 bits per heavy atom. The van der Waals surface area contributed by atoms with E-state index in [0.717, 1.165) is 10.0 Å². The number of hydrogen-bond donors (Lipinski definition) is 0. The summed E-state index contributed by atoms with van der Waals surface area (Å²) in [7, 11) is 0. The van der Waals surface area contributed by atoms with Crippen LogP contribution >= 0.6 is 15.9 Å². The Morgan fingerprint density at radius 2 is 1.59 bits per heavy atom. The SMILES string of the molecule is [2H]c1c([2H])c([2H])c(-c2cc(Br)cc(C(C)(C)C)c2)c([2H])c1[2H]. The van der Waals surface area contributed by atoms with Gasteiger partial charge < -0.3 is 0 Å². The Labute approximate surface area is 119 Å². The van der Waals surface area contributed by atoms with E-state index in [1.807, 2.05) is 12.1 Å². The second-order valence-corrected chi connectivity index (χ2v) is 5.89. The van der Waals surface area contributed by atoms with Gasteiger partial charge in [0.2, 0.25) is 0 Å². The highest BCUT2D eigenvalue weighted by Gasteiger charge is 2.15. The molecule has 0 amide bonds. The average molecular weight is 294 g/mol. The summed E-state index contributed by atoms with van der Waals surface area (Å²) >= 11 is 3.45. The van der Waals surface area contributed by atoms with Gasteiger partial charge in [-0.3, -0.25) is 0 Å². The highest BCUT2D eigenvalue weighted by molar-refractivity contribution is 9.10. The van der Waals surface area contributed by atoms with Crippen molar-refractivity contribution in [3.8, 4) is 11.1 Å².